The summed E-state index contributed by atoms with van der Waals surface area (Å²) in [6.45, 7) is 7.70. The summed E-state index contributed by atoms with van der Waals surface area (Å²) in [5.41, 5.74) is 6.57. The highest BCUT2D eigenvalue weighted by Crippen LogP contribution is 2.36. The molecule has 0 unspecified atom stereocenters. The molecular weight excluding hydrogens is 436 g/mol. The van der Waals surface area contributed by atoms with Gasteiger partial charge in [-0.2, -0.15) is 0 Å². The summed E-state index contributed by atoms with van der Waals surface area (Å²) >= 11 is 6.20. The zero-order valence-corrected chi connectivity index (χ0v) is 20.0. The van der Waals surface area contributed by atoms with Gasteiger partial charge in [0.15, 0.2) is 0 Å². The molecule has 2 aromatic carbocycles. The molecule has 33 heavy (non-hydrogen) atoms. The van der Waals surface area contributed by atoms with Crippen LogP contribution in [-0.2, 0) is 14.3 Å². The summed E-state index contributed by atoms with van der Waals surface area (Å²) in [7, 11) is 1.32. The minimum atomic E-state index is -0.536. The van der Waals surface area contributed by atoms with Crippen LogP contribution in [0.2, 0.25) is 5.02 Å². The molecule has 1 aliphatic rings. The van der Waals surface area contributed by atoms with Crippen LogP contribution in [0.1, 0.15) is 29.4 Å². The largest absolute Gasteiger partial charge is 0.465 e. The average molecular weight is 461 g/mol. The van der Waals surface area contributed by atoms with Gasteiger partial charge in [-0.15, -0.1) is 0 Å². The highest BCUT2D eigenvalue weighted by Gasteiger charge is 2.38. The summed E-state index contributed by atoms with van der Waals surface area (Å²) in [5, 5.41) is 0.645. The Kier molecular flexibility index (Phi) is 6.00. The van der Waals surface area contributed by atoms with Crippen LogP contribution in [0.5, 0.6) is 0 Å². The van der Waals surface area contributed by atoms with Crippen LogP contribution >= 0.6 is 11.6 Å². The first-order valence-electron chi connectivity index (χ1n) is 10.6. The van der Waals surface area contributed by atoms with Crippen molar-refractivity contribution in [1.29, 1.82) is 0 Å². The van der Waals surface area contributed by atoms with Gasteiger partial charge in [0.25, 0.3) is 5.91 Å². The summed E-state index contributed by atoms with van der Waals surface area (Å²) in [5.74, 6) is -0.794. The van der Waals surface area contributed by atoms with Crippen molar-refractivity contribution in [2.75, 3.05) is 12.0 Å². The zero-order chi connectivity index (χ0) is 23.9. The number of aromatic nitrogens is 1. The SMILES string of the molecule is COC(=O)C1=C(C)N(c2cccc(C)c2)C(=O)/C1=C\c1cc(C)n(-c2cccc(Cl)c2)c1C. The molecule has 5 nitrogen and oxygen atoms in total. The fraction of sp³-hybridized carbons (Fsp3) is 0.185. The number of carbonyl (C=O) groups excluding carboxylic acids is 2. The third kappa shape index (κ3) is 4.00. The van der Waals surface area contributed by atoms with Crippen LogP contribution < -0.4 is 4.90 Å². The molecule has 0 N–H and O–H groups in total. The lowest BCUT2D eigenvalue weighted by Crippen LogP contribution is -2.24. The molecular formula is C27H25ClN2O3. The molecule has 1 aromatic heterocycles. The lowest BCUT2D eigenvalue weighted by atomic mass is 10.0. The normalized spacial score (nSPS) is 15.0. The second kappa shape index (κ2) is 8.75. The number of rotatable bonds is 4. The molecule has 0 bridgehead atoms. The van der Waals surface area contributed by atoms with E-state index in [1.807, 2.05) is 75.4 Å². The van der Waals surface area contributed by atoms with Gasteiger partial charge in [-0.05, 0) is 81.3 Å². The van der Waals surface area contributed by atoms with Gasteiger partial charge in [-0.25, -0.2) is 4.79 Å². The first kappa shape index (κ1) is 22.6. The van der Waals surface area contributed by atoms with Crippen molar-refractivity contribution >= 4 is 35.2 Å². The Morgan fingerprint density at radius 3 is 2.33 bits per heavy atom. The summed E-state index contributed by atoms with van der Waals surface area (Å²) < 4.78 is 7.11. The summed E-state index contributed by atoms with van der Waals surface area (Å²) in [6, 6.07) is 17.2. The molecule has 168 valence electrons. The van der Waals surface area contributed by atoms with Gasteiger partial charge < -0.3 is 9.30 Å². The molecule has 4 rings (SSSR count). The van der Waals surface area contributed by atoms with E-state index in [0.29, 0.717) is 22.0 Å². The average Bonchev–Trinajstić information content (AvgIpc) is 3.19. The van der Waals surface area contributed by atoms with Gasteiger partial charge in [0.1, 0.15) is 0 Å². The Balaban J connectivity index is 1.86. The molecule has 0 aliphatic carbocycles. The van der Waals surface area contributed by atoms with Gasteiger partial charge in [0.05, 0.1) is 18.3 Å². The Morgan fingerprint density at radius 2 is 1.67 bits per heavy atom. The third-order valence-corrected chi connectivity index (χ3v) is 6.12. The fourth-order valence-corrected chi connectivity index (χ4v) is 4.54. The van der Waals surface area contributed by atoms with E-state index in [-0.39, 0.29) is 11.5 Å². The lowest BCUT2D eigenvalue weighted by Gasteiger charge is -2.18. The van der Waals surface area contributed by atoms with Crippen molar-refractivity contribution in [2.24, 2.45) is 0 Å². The first-order chi connectivity index (χ1) is 15.7. The maximum atomic E-state index is 13.6. The van der Waals surface area contributed by atoms with Gasteiger partial charge in [-0.3, -0.25) is 9.69 Å². The fourth-order valence-electron chi connectivity index (χ4n) is 4.36. The number of benzene rings is 2. The van der Waals surface area contributed by atoms with Crippen molar-refractivity contribution in [1.82, 2.24) is 4.57 Å². The highest BCUT2D eigenvalue weighted by atomic mass is 35.5. The van der Waals surface area contributed by atoms with Gasteiger partial charge in [0, 0.05) is 33.5 Å². The number of aryl methyl sites for hydroxylation is 2. The Bertz CT molecular complexity index is 1350. The van der Waals surface area contributed by atoms with E-state index in [1.165, 1.54) is 7.11 Å². The highest BCUT2D eigenvalue weighted by molar-refractivity contribution is 6.30. The van der Waals surface area contributed by atoms with Crippen molar-refractivity contribution in [3.8, 4) is 5.69 Å². The molecule has 1 aliphatic heterocycles. The number of ether oxygens (including phenoxy) is 1. The Morgan fingerprint density at radius 1 is 0.970 bits per heavy atom. The van der Waals surface area contributed by atoms with Crippen LogP contribution in [0.4, 0.5) is 5.69 Å². The van der Waals surface area contributed by atoms with Crippen LogP contribution in [-0.4, -0.2) is 23.6 Å². The molecule has 2 heterocycles. The van der Waals surface area contributed by atoms with Crippen molar-refractivity contribution in [3.63, 3.8) is 0 Å². The molecule has 0 saturated carbocycles. The number of carbonyl (C=O) groups is 2. The minimum absolute atomic E-state index is 0.258. The minimum Gasteiger partial charge on any atom is -0.465 e. The van der Waals surface area contributed by atoms with E-state index in [2.05, 4.69) is 4.57 Å². The number of methoxy groups -OCH3 is 1. The molecule has 3 aromatic rings. The number of nitrogens with zero attached hydrogens (tertiary/aromatic N) is 2. The van der Waals surface area contributed by atoms with E-state index in [0.717, 1.165) is 28.2 Å². The molecule has 0 radical (unpaired) electrons. The number of anilines is 1. The number of hydrogen-bond donors (Lipinski definition) is 0. The van der Waals surface area contributed by atoms with E-state index >= 15 is 0 Å². The van der Waals surface area contributed by atoms with Crippen molar-refractivity contribution < 1.29 is 14.3 Å². The topological polar surface area (TPSA) is 51.5 Å². The van der Waals surface area contributed by atoms with Crippen molar-refractivity contribution in [3.05, 3.63) is 99.0 Å². The number of hydrogen-bond acceptors (Lipinski definition) is 3. The Hall–Kier alpha value is -3.57. The van der Waals surface area contributed by atoms with Crippen LogP contribution in [0, 0.1) is 20.8 Å². The Labute approximate surface area is 198 Å². The standard InChI is InChI=1S/C27H25ClN2O3/c1-16-8-6-10-22(12-16)30-19(4)25(27(32)33-5)24(26(30)31)14-20-13-17(2)29(18(20)3)23-11-7-9-21(28)15-23/h6-15H,1-5H3/b24-14-. The molecule has 0 spiro atoms. The van der Waals surface area contributed by atoms with E-state index < -0.39 is 5.97 Å². The second-order valence-corrected chi connectivity index (χ2v) is 8.57. The maximum absolute atomic E-state index is 13.6. The smallest absolute Gasteiger partial charge is 0.340 e. The number of esters is 1. The molecule has 1 amide bonds. The van der Waals surface area contributed by atoms with E-state index in [1.54, 1.807) is 17.9 Å². The second-order valence-electron chi connectivity index (χ2n) is 8.13. The van der Waals surface area contributed by atoms with Crippen LogP contribution in [0.15, 0.2) is 71.4 Å². The van der Waals surface area contributed by atoms with Crippen molar-refractivity contribution in [2.45, 2.75) is 27.7 Å². The van der Waals surface area contributed by atoms with Gasteiger partial charge in [0.2, 0.25) is 0 Å². The van der Waals surface area contributed by atoms with Crippen LogP contribution in [0.3, 0.4) is 0 Å². The molecule has 0 saturated heterocycles. The number of allylic oxidation sites excluding steroid dienone is 1. The first-order valence-corrected chi connectivity index (χ1v) is 11.0. The van der Waals surface area contributed by atoms with E-state index in [4.69, 9.17) is 16.3 Å². The van der Waals surface area contributed by atoms with Gasteiger partial charge in [-0.1, -0.05) is 29.8 Å². The predicted octanol–water partition coefficient (Wildman–Crippen LogP) is 5.93. The quantitative estimate of drug-likeness (QED) is 0.358. The maximum Gasteiger partial charge on any atom is 0.340 e. The van der Waals surface area contributed by atoms with E-state index in [9.17, 15) is 9.59 Å². The molecule has 0 fully saturated rings. The molecule has 0 atom stereocenters. The summed E-state index contributed by atoms with van der Waals surface area (Å²) in [4.78, 5) is 27.8. The zero-order valence-electron chi connectivity index (χ0n) is 19.3. The third-order valence-electron chi connectivity index (χ3n) is 5.89. The van der Waals surface area contributed by atoms with Crippen LogP contribution in [0.25, 0.3) is 11.8 Å². The lowest BCUT2D eigenvalue weighted by molar-refractivity contribution is -0.136. The molecule has 6 heteroatoms. The predicted molar refractivity (Wildman–Crippen MR) is 132 cm³/mol. The monoisotopic (exact) mass is 460 g/mol. The van der Waals surface area contributed by atoms with Gasteiger partial charge >= 0.3 is 5.97 Å². The number of halogens is 1. The summed E-state index contributed by atoms with van der Waals surface area (Å²) in [6.07, 6.45) is 1.78. The number of amides is 1.